The highest BCUT2D eigenvalue weighted by Gasteiger charge is 2.73. The smallest absolute Gasteiger partial charge is 0.246 e. The Labute approximate surface area is 205 Å². The van der Waals surface area contributed by atoms with Crippen LogP contribution in [0.2, 0.25) is 0 Å². The molecule has 1 amide bonds. The van der Waals surface area contributed by atoms with Crippen LogP contribution in [0.15, 0.2) is 41.0 Å². The molecule has 2 N–H and O–H groups in total. The van der Waals surface area contributed by atoms with Crippen molar-refractivity contribution in [3.8, 4) is 11.5 Å². The zero-order chi connectivity index (χ0) is 23.9. The van der Waals surface area contributed by atoms with E-state index in [9.17, 15) is 15.0 Å². The van der Waals surface area contributed by atoms with Gasteiger partial charge in [0.05, 0.1) is 23.3 Å². The van der Waals surface area contributed by atoms with Gasteiger partial charge in [-0.05, 0) is 80.8 Å². The van der Waals surface area contributed by atoms with Gasteiger partial charge in [-0.15, -0.1) is 0 Å². The van der Waals surface area contributed by atoms with Gasteiger partial charge in [-0.1, -0.05) is 6.07 Å². The molecule has 1 spiro atoms. The van der Waals surface area contributed by atoms with E-state index >= 15 is 0 Å². The van der Waals surface area contributed by atoms with E-state index in [-0.39, 0.29) is 23.7 Å². The lowest BCUT2D eigenvalue weighted by molar-refractivity contribution is -0.200. The second-order valence-electron chi connectivity index (χ2n) is 11.2. The van der Waals surface area contributed by atoms with E-state index in [2.05, 4.69) is 4.90 Å². The van der Waals surface area contributed by atoms with Crippen LogP contribution >= 0.6 is 0 Å². The van der Waals surface area contributed by atoms with Crippen molar-refractivity contribution in [3.05, 3.63) is 53.5 Å². The van der Waals surface area contributed by atoms with Gasteiger partial charge in [-0.25, -0.2) is 0 Å². The number of piperidine rings is 1. The second kappa shape index (κ2) is 7.37. The zero-order valence-electron chi connectivity index (χ0n) is 20.0. The fourth-order valence-electron chi connectivity index (χ4n) is 7.67. The SMILES string of the molecule is CN(C(=O)/C=C/c1ccco1)[C@@H]1CC[C@@]2(O)[C@@H]3Cc4ccc(O)c5c4[C@@]2(CCN3CC2CC2)[C@H]1O5. The number of likely N-dealkylation sites (tertiary alicyclic amines) is 1. The molecule has 2 bridgehead atoms. The van der Waals surface area contributed by atoms with Crippen LogP contribution in [0.3, 0.4) is 0 Å². The van der Waals surface area contributed by atoms with Crippen LogP contribution in [0.25, 0.3) is 6.08 Å². The number of furan rings is 1. The summed E-state index contributed by atoms with van der Waals surface area (Å²) in [5.74, 6) is 1.88. The monoisotopic (exact) mass is 476 g/mol. The number of nitrogens with zero attached hydrogens (tertiary/aromatic N) is 2. The Morgan fingerprint density at radius 3 is 2.89 bits per heavy atom. The van der Waals surface area contributed by atoms with Gasteiger partial charge in [0.1, 0.15) is 11.9 Å². The van der Waals surface area contributed by atoms with Gasteiger partial charge in [-0.3, -0.25) is 9.69 Å². The number of likely N-dealkylation sites (N-methyl/N-ethyl adjacent to an activating group) is 1. The highest BCUT2D eigenvalue weighted by atomic mass is 16.5. The molecule has 0 unspecified atom stereocenters. The van der Waals surface area contributed by atoms with Gasteiger partial charge < -0.3 is 24.3 Å². The molecule has 5 aliphatic rings. The Hall–Kier alpha value is -2.77. The lowest BCUT2D eigenvalue weighted by Crippen LogP contribution is -2.78. The first-order chi connectivity index (χ1) is 16.9. The maximum absolute atomic E-state index is 13.2. The summed E-state index contributed by atoms with van der Waals surface area (Å²) in [7, 11) is 1.82. The number of ether oxygens (including phenoxy) is 1. The van der Waals surface area contributed by atoms with Crippen molar-refractivity contribution in [3.63, 3.8) is 0 Å². The molecule has 2 aromatic rings. The summed E-state index contributed by atoms with van der Waals surface area (Å²) in [5, 5.41) is 23.3. The van der Waals surface area contributed by atoms with E-state index in [0.717, 1.165) is 37.4 Å². The highest BCUT2D eigenvalue weighted by Crippen LogP contribution is 2.66. The maximum atomic E-state index is 13.2. The number of benzene rings is 1. The average Bonchev–Trinajstić information content (AvgIpc) is 3.36. The predicted octanol–water partition coefficient (Wildman–Crippen LogP) is 3.09. The van der Waals surface area contributed by atoms with Crippen molar-refractivity contribution in [2.24, 2.45) is 5.92 Å². The number of aliphatic hydroxyl groups is 1. The molecule has 3 heterocycles. The van der Waals surface area contributed by atoms with Crippen LogP contribution in [0.4, 0.5) is 0 Å². The molecule has 35 heavy (non-hydrogen) atoms. The molecular formula is C28H32N2O5. The topological polar surface area (TPSA) is 86.4 Å². The average molecular weight is 477 g/mol. The molecule has 2 aliphatic heterocycles. The standard InChI is InChI=1S/C28H32N2O5/c1-29(23(32)9-7-19-3-2-14-34-19)20-10-11-28(33)22-15-18-6-8-21(31)25-24(18)27(28,26(20)35-25)12-13-30(22)16-17-4-5-17/h2-3,6-9,14,17,20,22,26,31,33H,4-5,10-13,15-16H2,1H3/b9-7+/t20-,22+,26+,27+,28-/m1/s1. The minimum absolute atomic E-state index is 0.0340. The van der Waals surface area contributed by atoms with E-state index < -0.39 is 17.1 Å². The second-order valence-corrected chi connectivity index (χ2v) is 11.2. The molecule has 2 saturated carbocycles. The fourth-order valence-corrected chi connectivity index (χ4v) is 7.67. The third kappa shape index (κ3) is 2.88. The normalized spacial score (nSPS) is 35.1. The minimum atomic E-state index is -0.943. The number of hydrogen-bond acceptors (Lipinski definition) is 6. The first-order valence-corrected chi connectivity index (χ1v) is 12.9. The molecule has 3 fully saturated rings. The number of carbonyl (C=O) groups excluding carboxylic acids is 1. The van der Waals surface area contributed by atoms with Gasteiger partial charge in [0.25, 0.3) is 0 Å². The van der Waals surface area contributed by atoms with E-state index in [0.29, 0.717) is 24.4 Å². The predicted molar refractivity (Wildman–Crippen MR) is 129 cm³/mol. The Balaban J connectivity index is 1.28. The lowest BCUT2D eigenvalue weighted by Gasteiger charge is -2.64. The minimum Gasteiger partial charge on any atom is -0.504 e. The number of phenolic OH excluding ortho intramolecular Hbond substituents is 1. The number of amides is 1. The number of phenols is 1. The van der Waals surface area contributed by atoms with Crippen molar-refractivity contribution in [1.29, 1.82) is 0 Å². The van der Waals surface area contributed by atoms with Crippen molar-refractivity contribution in [2.45, 2.75) is 67.7 Å². The van der Waals surface area contributed by atoms with Crippen molar-refractivity contribution < 1.29 is 24.2 Å². The van der Waals surface area contributed by atoms with Gasteiger partial charge in [0.15, 0.2) is 11.5 Å². The van der Waals surface area contributed by atoms with Crippen LogP contribution in [0.5, 0.6) is 11.5 Å². The van der Waals surface area contributed by atoms with E-state index in [1.807, 2.05) is 19.2 Å². The van der Waals surface area contributed by atoms with Gasteiger partial charge in [0.2, 0.25) is 5.91 Å². The van der Waals surface area contributed by atoms with E-state index in [1.54, 1.807) is 29.4 Å². The third-order valence-electron chi connectivity index (χ3n) is 9.51. The summed E-state index contributed by atoms with van der Waals surface area (Å²) < 4.78 is 11.9. The largest absolute Gasteiger partial charge is 0.504 e. The van der Waals surface area contributed by atoms with Gasteiger partial charge in [-0.2, -0.15) is 0 Å². The van der Waals surface area contributed by atoms with Crippen molar-refractivity contribution in [1.82, 2.24) is 9.80 Å². The Kier molecular flexibility index (Phi) is 4.53. The molecule has 1 aromatic carbocycles. The van der Waals surface area contributed by atoms with Gasteiger partial charge >= 0.3 is 0 Å². The molecule has 1 saturated heterocycles. The number of carbonyl (C=O) groups is 1. The molecule has 184 valence electrons. The van der Waals surface area contributed by atoms with Crippen LogP contribution < -0.4 is 4.74 Å². The summed E-state index contributed by atoms with van der Waals surface area (Å²) in [6.07, 6.45) is 9.76. The van der Waals surface area contributed by atoms with Crippen molar-refractivity contribution in [2.75, 3.05) is 20.1 Å². The highest BCUT2D eigenvalue weighted by molar-refractivity contribution is 5.91. The fraction of sp³-hybridized carbons (Fsp3) is 0.536. The number of hydrogen-bond donors (Lipinski definition) is 2. The summed E-state index contributed by atoms with van der Waals surface area (Å²) >= 11 is 0. The summed E-state index contributed by atoms with van der Waals surface area (Å²) in [4.78, 5) is 17.5. The summed E-state index contributed by atoms with van der Waals surface area (Å²) in [5.41, 5.74) is 0.592. The molecule has 5 atom stereocenters. The Morgan fingerprint density at radius 2 is 2.11 bits per heavy atom. The Bertz CT molecular complexity index is 1200. The molecule has 3 aliphatic carbocycles. The zero-order valence-corrected chi connectivity index (χ0v) is 20.0. The maximum Gasteiger partial charge on any atom is 0.246 e. The molecule has 7 nitrogen and oxygen atoms in total. The summed E-state index contributed by atoms with van der Waals surface area (Å²) in [6.45, 7) is 1.95. The first-order valence-electron chi connectivity index (χ1n) is 12.9. The van der Waals surface area contributed by atoms with Crippen LogP contribution in [0, 0.1) is 5.92 Å². The molecule has 1 aromatic heterocycles. The molecular weight excluding hydrogens is 444 g/mol. The number of rotatable bonds is 5. The van der Waals surface area contributed by atoms with Crippen LogP contribution in [-0.2, 0) is 16.6 Å². The van der Waals surface area contributed by atoms with Crippen LogP contribution in [-0.4, -0.2) is 69.8 Å². The van der Waals surface area contributed by atoms with E-state index in [4.69, 9.17) is 9.15 Å². The lowest BCUT2D eigenvalue weighted by atomic mass is 9.48. The Morgan fingerprint density at radius 1 is 1.26 bits per heavy atom. The first kappa shape index (κ1) is 21.5. The quantitative estimate of drug-likeness (QED) is 0.645. The number of aromatic hydroxyl groups is 1. The molecule has 7 rings (SSSR count). The van der Waals surface area contributed by atoms with Crippen LogP contribution in [0.1, 0.15) is 49.0 Å². The molecule has 0 radical (unpaired) electrons. The van der Waals surface area contributed by atoms with Gasteiger partial charge in [0, 0.05) is 31.3 Å². The summed E-state index contributed by atoms with van der Waals surface area (Å²) in [6, 6.07) is 7.16. The van der Waals surface area contributed by atoms with Crippen molar-refractivity contribution >= 4 is 12.0 Å². The third-order valence-corrected chi connectivity index (χ3v) is 9.51. The van der Waals surface area contributed by atoms with E-state index in [1.165, 1.54) is 24.5 Å². The molecule has 7 heteroatoms.